The van der Waals surface area contributed by atoms with Crippen molar-refractivity contribution in [2.24, 2.45) is 0 Å². The summed E-state index contributed by atoms with van der Waals surface area (Å²) < 4.78 is 11.1. The van der Waals surface area contributed by atoms with E-state index in [1.807, 2.05) is 43.3 Å². The van der Waals surface area contributed by atoms with Gasteiger partial charge in [-0.25, -0.2) is 0 Å². The van der Waals surface area contributed by atoms with Crippen molar-refractivity contribution in [3.8, 4) is 11.3 Å². The van der Waals surface area contributed by atoms with E-state index in [0.717, 1.165) is 54.8 Å². The largest absolute Gasteiger partial charge is 0.460 e. The molecular formula is C16H21Cl2NO2. The smallest absolute Gasteiger partial charge is 0.134 e. The van der Waals surface area contributed by atoms with Crippen LogP contribution < -0.4 is 5.32 Å². The van der Waals surface area contributed by atoms with Crippen molar-refractivity contribution in [2.45, 2.75) is 19.9 Å². The van der Waals surface area contributed by atoms with Crippen molar-refractivity contribution >= 4 is 24.0 Å². The van der Waals surface area contributed by atoms with Crippen LogP contribution in [0.2, 0.25) is 5.02 Å². The molecule has 3 nitrogen and oxygen atoms in total. The maximum Gasteiger partial charge on any atom is 0.134 e. The van der Waals surface area contributed by atoms with E-state index in [-0.39, 0.29) is 12.4 Å². The highest BCUT2D eigenvalue weighted by Crippen LogP contribution is 2.24. The summed E-state index contributed by atoms with van der Waals surface area (Å²) >= 11 is 5.98. The minimum atomic E-state index is 0. The molecule has 0 amide bonds. The highest BCUT2D eigenvalue weighted by molar-refractivity contribution is 6.30. The highest BCUT2D eigenvalue weighted by Gasteiger charge is 2.04. The van der Waals surface area contributed by atoms with Crippen molar-refractivity contribution in [1.29, 1.82) is 0 Å². The summed E-state index contributed by atoms with van der Waals surface area (Å²) in [4.78, 5) is 0. The van der Waals surface area contributed by atoms with Gasteiger partial charge in [-0.2, -0.15) is 0 Å². The molecule has 0 spiro atoms. The van der Waals surface area contributed by atoms with Crippen LogP contribution in [-0.4, -0.2) is 19.8 Å². The van der Waals surface area contributed by atoms with Crippen LogP contribution in [0.5, 0.6) is 0 Å². The minimum Gasteiger partial charge on any atom is -0.460 e. The molecule has 116 valence electrons. The molecule has 2 aromatic rings. The molecular weight excluding hydrogens is 309 g/mol. The first-order chi connectivity index (χ1) is 9.79. The summed E-state index contributed by atoms with van der Waals surface area (Å²) in [7, 11) is 0. The predicted octanol–water partition coefficient (Wildman–Crippen LogP) is 4.54. The Morgan fingerprint density at radius 2 is 2.10 bits per heavy atom. The van der Waals surface area contributed by atoms with Crippen molar-refractivity contribution in [1.82, 2.24) is 5.32 Å². The normalized spacial score (nSPS) is 10.4. The van der Waals surface area contributed by atoms with Crippen LogP contribution in [0.15, 0.2) is 40.8 Å². The molecule has 2 rings (SSSR count). The molecule has 0 unspecified atom stereocenters. The first-order valence-corrected chi connectivity index (χ1v) is 7.30. The lowest BCUT2D eigenvalue weighted by Crippen LogP contribution is -2.15. The zero-order chi connectivity index (χ0) is 14.2. The number of hydrogen-bond acceptors (Lipinski definition) is 3. The number of furan rings is 1. The monoisotopic (exact) mass is 329 g/mol. The Hall–Kier alpha value is -1.000. The molecule has 1 N–H and O–H groups in total. The molecule has 0 bridgehead atoms. The Kier molecular flexibility index (Phi) is 8.47. The average Bonchev–Trinajstić information content (AvgIpc) is 2.91. The van der Waals surface area contributed by atoms with Gasteiger partial charge in [-0.3, -0.25) is 0 Å². The molecule has 1 heterocycles. The van der Waals surface area contributed by atoms with Gasteiger partial charge < -0.3 is 14.5 Å². The zero-order valence-corrected chi connectivity index (χ0v) is 13.7. The van der Waals surface area contributed by atoms with Crippen LogP contribution in [0.3, 0.4) is 0 Å². The predicted molar refractivity (Wildman–Crippen MR) is 89.2 cm³/mol. The van der Waals surface area contributed by atoms with Crippen molar-refractivity contribution in [2.75, 3.05) is 19.8 Å². The first kappa shape index (κ1) is 18.1. The minimum absolute atomic E-state index is 0. The van der Waals surface area contributed by atoms with Crippen LogP contribution in [0, 0.1) is 0 Å². The van der Waals surface area contributed by atoms with Gasteiger partial charge >= 0.3 is 0 Å². The standard InChI is InChI=1S/C16H20ClNO2.ClH/c1-2-19-10-4-9-18-12-15-7-8-16(20-15)13-5-3-6-14(17)11-13;/h3,5-8,11,18H,2,4,9-10,12H2,1H3;1H. The van der Waals surface area contributed by atoms with Crippen LogP contribution >= 0.6 is 24.0 Å². The van der Waals surface area contributed by atoms with E-state index < -0.39 is 0 Å². The Balaban J connectivity index is 0.00000220. The van der Waals surface area contributed by atoms with Crippen molar-refractivity contribution < 1.29 is 9.15 Å². The second-order valence-electron chi connectivity index (χ2n) is 4.50. The summed E-state index contributed by atoms with van der Waals surface area (Å²) in [5.74, 6) is 1.77. The zero-order valence-electron chi connectivity index (χ0n) is 12.1. The molecule has 5 heteroatoms. The fourth-order valence-corrected chi connectivity index (χ4v) is 2.12. The lowest BCUT2D eigenvalue weighted by atomic mass is 10.2. The number of benzene rings is 1. The Bertz CT molecular complexity index is 529. The molecule has 0 aliphatic heterocycles. The lowest BCUT2D eigenvalue weighted by Gasteiger charge is -2.03. The fraction of sp³-hybridized carbons (Fsp3) is 0.375. The van der Waals surface area contributed by atoms with E-state index in [2.05, 4.69) is 5.32 Å². The first-order valence-electron chi connectivity index (χ1n) is 6.92. The molecule has 0 atom stereocenters. The fourth-order valence-electron chi connectivity index (χ4n) is 1.92. The molecule has 0 radical (unpaired) electrons. The van der Waals surface area contributed by atoms with E-state index in [1.54, 1.807) is 0 Å². The van der Waals surface area contributed by atoms with Gasteiger partial charge in [0.05, 0.1) is 6.54 Å². The van der Waals surface area contributed by atoms with Gasteiger partial charge in [0, 0.05) is 23.8 Å². The third kappa shape index (κ3) is 6.10. The van der Waals surface area contributed by atoms with Gasteiger partial charge in [-0.05, 0) is 44.2 Å². The third-order valence-electron chi connectivity index (χ3n) is 2.92. The van der Waals surface area contributed by atoms with Crippen molar-refractivity contribution in [3.05, 3.63) is 47.2 Å². The Morgan fingerprint density at radius 3 is 2.86 bits per heavy atom. The number of nitrogens with one attached hydrogen (secondary N) is 1. The quantitative estimate of drug-likeness (QED) is 0.722. The molecule has 21 heavy (non-hydrogen) atoms. The van der Waals surface area contributed by atoms with Gasteiger partial charge in [-0.1, -0.05) is 23.7 Å². The number of hydrogen-bond donors (Lipinski definition) is 1. The summed E-state index contributed by atoms with van der Waals surface area (Å²) in [6.07, 6.45) is 1.01. The van der Waals surface area contributed by atoms with E-state index in [4.69, 9.17) is 20.8 Å². The van der Waals surface area contributed by atoms with E-state index in [1.165, 1.54) is 0 Å². The van der Waals surface area contributed by atoms with Gasteiger partial charge in [0.1, 0.15) is 11.5 Å². The maximum absolute atomic E-state index is 5.98. The van der Waals surface area contributed by atoms with Gasteiger partial charge in [0.2, 0.25) is 0 Å². The number of ether oxygens (including phenoxy) is 1. The molecule has 0 saturated heterocycles. The van der Waals surface area contributed by atoms with E-state index >= 15 is 0 Å². The summed E-state index contributed by atoms with van der Waals surface area (Å²) in [6.45, 7) is 5.24. The van der Waals surface area contributed by atoms with E-state index in [0.29, 0.717) is 0 Å². The highest BCUT2D eigenvalue weighted by atomic mass is 35.5. The molecule has 0 aliphatic carbocycles. The van der Waals surface area contributed by atoms with Crippen LogP contribution in [0.4, 0.5) is 0 Å². The summed E-state index contributed by atoms with van der Waals surface area (Å²) in [5.41, 5.74) is 1.00. The summed E-state index contributed by atoms with van der Waals surface area (Å²) in [5, 5.41) is 4.05. The van der Waals surface area contributed by atoms with Gasteiger partial charge in [0.25, 0.3) is 0 Å². The Labute approximate surface area is 137 Å². The van der Waals surface area contributed by atoms with Crippen LogP contribution in [0.1, 0.15) is 19.1 Å². The SMILES string of the molecule is CCOCCCNCc1ccc(-c2cccc(Cl)c2)o1.Cl. The lowest BCUT2D eigenvalue weighted by molar-refractivity contribution is 0.144. The molecule has 0 fully saturated rings. The van der Waals surface area contributed by atoms with E-state index in [9.17, 15) is 0 Å². The molecule has 1 aromatic carbocycles. The number of rotatable bonds is 8. The second-order valence-corrected chi connectivity index (χ2v) is 4.94. The average molecular weight is 330 g/mol. The van der Waals surface area contributed by atoms with Crippen LogP contribution in [-0.2, 0) is 11.3 Å². The van der Waals surface area contributed by atoms with Crippen molar-refractivity contribution in [3.63, 3.8) is 0 Å². The molecule has 0 saturated carbocycles. The topological polar surface area (TPSA) is 34.4 Å². The molecule has 1 aromatic heterocycles. The maximum atomic E-state index is 5.98. The number of halogens is 2. The molecule has 0 aliphatic rings. The Morgan fingerprint density at radius 1 is 1.24 bits per heavy atom. The third-order valence-corrected chi connectivity index (χ3v) is 3.15. The van der Waals surface area contributed by atoms with Gasteiger partial charge in [0.15, 0.2) is 0 Å². The summed E-state index contributed by atoms with van der Waals surface area (Å²) in [6, 6.07) is 11.6. The van der Waals surface area contributed by atoms with Crippen LogP contribution in [0.25, 0.3) is 11.3 Å². The van der Waals surface area contributed by atoms with Gasteiger partial charge in [-0.15, -0.1) is 12.4 Å². The second kappa shape index (κ2) is 9.85.